The van der Waals surface area contributed by atoms with Gasteiger partial charge in [-0.3, -0.25) is 4.79 Å². The fourth-order valence-electron chi connectivity index (χ4n) is 6.12. The third kappa shape index (κ3) is 5.90. The van der Waals surface area contributed by atoms with Crippen LogP contribution in [0.15, 0.2) is 60.9 Å². The number of nitrogens with two attached hydrogens (primary N) is 1. The van der Waals surface area contributed by atoms with E-state index in [1.807, 2.05) is 35.2 Å². The fraction of sp³-hybridized carbons (Fsp3) is 0.419. The van der Waals surface area contributed by atoms with Gasteiger partial charge < -0.3 is 36.0 Å². The van der Waals surface area contributed by atoms with Crippen LogP contribution >= 0.6 is 0 Å². The first-order valence-corrected chi connectivity index (χ1v) is 14.8. The molecule has 1 aliphatic carbocycles. The number of hydrogen-bond acceptors (Lipinski definition) is 9. The number of carbonyl (C=O) groups is 1. The van der Waals surface area contributed by atoms with Gasteiger partial charge in [-0.05, 0) is 36.1 Å². The largest absolute Gasteiger partial charge is 0.388 e. The van der Waals surface area contributed by atoms with Crippen molar-refractivity contribution in [2.75, 3.05) is 29.9 Å². The van der Waals surface area contributed by atoms with Gasteiger partial charge in [-0.25, -0.2) is 9.37 Å². The van der Waals surface area contributed by atoms with E-state index < -0.39 is 24.3 Å². The van der Waals surface area contributed by atoms with E-state index >= 15 is 0 Å². The highest BCUT2D eigenvalue weighted by Crippen LogP contribution is 2.35. The zero-order chi connectivity index (χ0) is 30.1. The summed E-state index contributed by atoms with van der Waals surface area (Å²) in [6.07, 6.45) is 0.756. The number of nitrogens with one attached hydrogen (secondary N) is 2. The number of imidazole rings is 1. The standard InChI is InChI=1S/C31H37FN8O3/c1-2-25(41)36-23-14-24(28(43)27(23)42)40-17-35-26-29(37-31(38-30(26)40)39-13-12-21(33)16-39)34-15-22(18-6-4-3-5-7-18)19-8-10-20(32)11-9-19/h3-11,17,21-24,27-28,42-43H,2,12-16,33H2,1H3,(H,36,41)(H,34,37,38)/t21-,22?,23+,24-,27-,28+/m1/s1. The van der Waals surface area contributed by atoms with Crippen molar-refractivity contribution in [2.45, 2.75) is 62.4 Å². The van der Waals surface area contributed by atoms with Crippen molar-refractivity contribution in [1.29, 1.82) is 0 Å². The van der Waals surface area contributed by atoms with Crippen molar-refractivity contribution in [3.63, 3.8) is 0 Å². The number of anilines is 2. The van der Waals surface area contributed by atoms with Crippen LogP contribution in [0.1, 0.15) is 49.3 Å². The van der Waals surface area contributed by atoms with E-state index in [9.17, 15) is 19.4 Å². The highest BCUT2D eigenvalue weighted by atomic mass is 19.1. The fourth-order valence-corrected chi connectivity index (χ4v) is 6.12. The molecule has 226 valence electrons. The molecule has 6 atom stereocenters. The number of hydrogen-bond donors (Lipinski definition) is 5. The lowest BCUT2D eigenvalue weighted by Crippen LogP contribution is -2.42. The number of aromatic nitrogens is 4. The summed E-state index contributed by atoms with van der Waals surface area (Å²) >= 11 is 0. The van der Waals surface area contributed by atoms with Crippen molar-refractivity contribution in [2.24, 2.45) is 5.73 Å². The monoisotopic (exact) mass is 588 g/mol. The Morgan fingerprint density at radius 1 is 1.09 bits per heavy atom. The molecule has 0 bridgehead atoms. The molecule has 43 heavy (non-hydrogen) atoms. The van der Waals surface area contributed by atoms with Crippen molar-refractivity contribution < 1.29 is 19.4 Å². The molecule has 1 saturated heterocycles. The van der Waals surface area contributed by atoms with E-state index in [4.69, 9.17) is 15.7 Å². The van der Waals surface area contributed by atoms with Gasteiger partial charge in [0.1, 0.15) is 18.0 Å². The van der Waals surface area contributed by atoms with E-state index in [1.54, 1.807) is 30.0 Å². The first kappa shape index (κ1) is 29.0. The number of aliphatic hydroxyl groups is 2. The molecule has 4 aromatic rings. The molecule has 0 spiro atoms. The highest BCUT2D eigenvalue weighted by molar-refractivity contribution is 5.84. The predicted molar refractivity (Wildman–Crippen MR) is 161 cm³/mol. The smallest absolute Gasteiger partial charge is 0.229 e. The maximum Gasteiger partial charge on any atom is 0.229 e. The first-order chi connectivity index (χ1) is 20.8. The minimum absolute atomic E-state index is 0.0105. The molecule has 1 amide bonds. The number of carbonyl (C=O) groups excluding carboxylic acids is 1. The lowest BCUT2D eigenvalue weighted by Gasteiger charge is -2.22. The maximum atomic E-state index is 13.8. The van der Waals surface area contributed by atoms with E-state index in [1.165, 1.54) is 12.1 Å². The molecular formula is C31H37FN8O3. The van der Waals surface area contributed by atoms with Crippen LogP contribution in [0.4, 0.5) is 16.2 Å². The van der Waals surface area contributed by atoms with Gasteiger partial charge >= 0.3 is 0 Å². The summed E-state index contributed by atoms with van der Waals surface area (Å²) in [5.41, 5.74) is 9.24. The Morgan fingerprint density at radius 3 is 2.53 bits per heavy atom. The van der Waals surface area contributed by atoms with Crippen LogP contribution in [0.2, 0.25) is 0 Å². The summed E-state index contributed by atoms with van der Waals surface area (Å²) in [4.78, 5) is 28.5. The van der Waals surface area contributed by atoms with Gasteiger partial charge in [0, 0.05) is 38.0 Å². The molecular weight excluding hydrogens is 551 g/mol. The molecule has 3 heterocycles. The summed E-state index contributed by atoms with van der Waals surface area (Å²) in [6.45, 7) is 3.50. The van der Waals surface area contributed by atoms with Crippen molar-refractivity contribution in [3.8, 4) is 0 Å². The molecule has 0 radical (unpaired) electrons. The first-order valence-electron chi connectivity index (χ1n) is 14.8. The normalized spacial score (nSPS) is 24.4. The van der Waals surface area contributed by atoms with Gasteiger partial charge in [0.05, 0.1) is 18.4 Å². The van der Waals surface area contributed by atoms with Crippen LogP contribution in [0, 0.1) is 5.82 Å². The van der Waals surface area contributed by atoms with E-state index in [0.29, 0.717) is 49.0 Å². The molecule has 2 aromatic heterocycles. The van der Waals surface area contributed by atoms with Gasteiger partial charge in [-0.2, -0.15) is 9.97 Å². The minimum Gasteiger partial charge on any atom is -0.388 e. The lowest BCUT2D eigenvalue weighted by atomic mass is 9.91. The second-order valence-electron chi connectivity index (χ2n) is 11.4. The Kier molecular flexibility index (Phi) is 8.24. The third-order valence-electron chi connectivity index (χ3n) is 8.54. The summed E-state index contributed by atoms with van der Waals surface area (Å²) < 4.78 is 15.5. The number of halogens is 1. The third-order valence-corrected chi connectivity index (χ3v) is 8.54. The van der Waals surface area contributed by atoms with Crippen molar-refractivity contribution >= 4 is 28.8 Å². The SMILES string of the molecule is CCC(=O)N[C@H]1C[C@@H](n2cnc3c(NCC(c4ccccc4)c4ccc(F)cc4)nc(N4CC[C@@H](N)C4)nc32)[C@H](O)[C@@H]1O. The van der Waals surface area contributed by atoms with Gasteiger partial charge in [-0.15, -0.1) is 0 Å². The van der Waals surface area contributed by atoms with E-state index in [0.717, 1.165) is 17.5 Å². The molecule has 1 unspecified atom stereocenters. The summed E-state index contributed by atoms with van der Waals surface area (Å²) in [7, 11) is 0. The van der Waals surface area contributed by atoms with Crippen LogP contribution < -0.4 is 21.3 Å². The summed E-state index contributed by atoms with van der Waals surface area (Å²) in [5, 5.41) is 28.1. The molecule has 6 N–H and O–H groups in total. The van der Waals surface area contributed by atoms with Crippen LogP contribution in [0.5, 0.6) is 0 Å². The number of benzene rings is 2. The average Bonchev–Trinajstić information content (AvgIpc) is 3.72. The van der Waals surface area contributed by atoms with Crippen LogP contribution in [0.25, 0.3) is 11.2 Å². The van der Waals surface area contributed by atoms with Gasteiger partial charge in [0.25, 0.3) is 0 Å². The molecule has 1 aliphatic heterocycles. The Morgan fingerprint density at radius 2 is 1.84 bits per heavy atom. The van der Waals surface area contributed by atoms with Crippen molar-refractivity contribution in [3.05, 3.63) is 77.9 Å². The maximum absolute atomic E-state index is 13.8. The van der Waals surface area contributed by atoms with E-state index in [2.05, 4.69) is 15.6 Å². The average molecular weight is 589 g/mol. The van der Waals surface area contributed by atoms with Gasteiger partial charge in [-0.1, -0.05) is 49.4 Å². The molecule has 12 heteroatoms. The van der Waals surface area contributed by atoms with Gasteiger partial charge in [0.2, 0.25) is 11.9 Å². The number of rotatable bonds is 9. The van der Waals surface area contributed by atoms with Gasteiger partial charge in [0.15, 0.2) is 17.0 Å². The second-order valence-corrected chi connectivity index (χ2v) is 11.4. The molecule has 11 nitrogen and oxygen atoms in total. The topological polar surface area (TPSA) is 154 Å². The van der Waals surface area contributed by atoms with Crippen LogP contribution in [-0.4, -0.2) is 79.6 Å². The zero-order valence-electron chi connectivity index (χ0n) is 24.0. The van der Waals surface area contributed by atoms with Crippen molar-refractivity contribution in [1.82, 2.24) is 24.8 Å². The number of nitrogens with zero attached hydrogens (tertiary/aromatic N) is 5. The molecule has 1 saturated carbocycles. The Bertz CT molecular complexity index is 1570. The molecule has 2 aliphatic rings. The number of fused-ring (bicyclic) bond motifs is 1. The molecule has 2 aromatic carbocycles. The number of aliphatic hydroxyl groups excluding tert-OH is 2. The minimum atomic E-state index is -1.13. The number of amides is 1. The van der Waals surface area contributed by atoms with Crippen LogP contribution in [0.3, 0.4) is 0 Å². The summed E-state index contributed by atoms with van der Waals surface area (Å²) in [6, 6.07) is 15.3. The summed E-state index contributed by atoms with van der Waals surface area (Å²) in [5.74, 6) is 0.420. The molecule has 2 fully saturated rings. The Labute approximate surface area is 249 Å². The zero-order valence-corrected chi connectivity index (χ0v) is 24.0. The van der Waals surface area contributed by atoms with Crippen LogP contribution in [-0.2, 0) is 4.79 Å². The molecule has 6 rings (SSSR count). The Balaban J connectivity index is 1.36. The van der Waals surface area contributed by atoms with E-state index in [-0.39, 0.29) is 30.1 Å². The predicted octanol–water partition coefficient (Wildman–Crippen LogP) is 2.31. The second kappa shape index (κ2) is 12.2. The highest BCUT2D eigenvalue weighted by Gasteiger charge is 2.44. The lowest BCUT2D eigenvalue weighted by molar-refractivity contribution is -0.122. The quantitative estimate of drug-likeness (QED) is 0.198. The Hall–Kier alpha value is -4.13.